The zero-order valence-corrected chi connectivity index (χ0v) is 13.9. The van der Waals surface area contributed by atoms with Crippen molar-refractivity contribution in [3.8, 4) is 22.9 Å². The van der Waals surface area contributed by atoms with Crippen molar-refractivity contribution in [1.82, 2.24) is 15.0 Å². The number of nitrogens with one attached hydrogen (secondary N) is 1. The SMILES string of the molecule is COc1cc2cnc(-c3cccc4[nH]c(Cl)cc34)nc2cc1OC. The smallest absolute Gasteiger partial charge is 0.162 e. The van der Waals surface area contributed by atoms with E-state index >= 15 is 0 Å². The van der Waals surface area contributed by atoms with E-state index in [1.165, 1.54) is 0 Å². The molecule has 0 spiro atoms. The summed E-state index contributed by atoms with van der Waals surface area (Å²) in [5, 5.41) is 2.46. The Morgan fingerprint density at radius 3 is 2.62 bits per heavy atom. The van der Waals surface area contributed by atoms with Gasteiger partial charge in [-0.3, -0.25) is 0 Å². The fourth-order valence-electron chi connectivity index (χ4n) is 2.80. The molecule has 0 aliphatic heterocycles. The molecule has 120 valence electrons. The number of aromatic amines is 1. The van der Waals surface area contributed by atoms with Gasteiger partial charge in [-0.05, 0) is 18.2 Å². The van der Waals surface area contributed by atoms with Crippen LogP contribution >= 0.6 is 11.6 Å². The predicted molar refractivity (Wildman–Crippen MR) is 94.9 cm³/mol. The van der Waals surface area contributed by atoms with Crippen molar-refractivity contribution in [2.75, 3.05) is 14.2 Å². The molecule has 0 radical (unpaired) electrons. The molecule has 0 atom stereocenters. The minimum Gasteiger partial charge on any atom is -0.493 e. The molecule has 2 heterocycles. The van der Waals surface area contributed by atoms with E-state index in [1.54, 1.807) is 20.4 Å². The molecule has 0 unspecified atom stereocenters. The van der Waals surface area contributed by atoms with Crippen molar-refractivity contribution in [2.24, 2.45) is 0 Å². The van der Waals surface area contributed by atoms with Crippen molar-refractivity contribution in [1.29, 1.82) is 0 Å². The molecule has 5 nitrogen and oxygen atoms in total. The number of methoxy groups -OCH3 is 2. The van der Waals surface area contributed by atoms with Crippen LogP contribution in [0.4, 0.5) is 0 Å². The summed E-state index contributed by atoms with van der Waals surface area (Å²) < 4.78 is 10.7. The molecule has 1 N–H and O–H groups in total. The minimum absolute atomic E-state index is 0.588. The second kappa shape index (κ2) is 5.69. The van der Waals surface area contributed by atoms with Crippen molar-refractivity contribution >= 4 is 33.4 Å². The number of nitrogens with zero attached hydrogens (tertiary/aromatic N) is 2. The summed E-state index contributed by atoms with van der Waals surface area (Å²) in [5.74, 6) is 1.93. The second-order valence-corrected chi connectivity index (χ2v) is 5.75. The van der Waals surface area contributed by atoms with E-state index in [9.17, 15) is 0 Å². The topological polar surface area (TPSA) is 60.0 Å². The lowest BCUT2D eigenvalue weighted by atomic mass is 10.1. The first-order chi connectivity index (χ1) is 11.7. The van der Waals surface area contributed by atoms with Crippen LogP contribution in [0.2, 0.25) is 5.15 Å². The van der Waals surface area contributed by atoms with Gasteiger partial charge in [0.1, 0.15) is 5.15 Å². The number of rotatable bonds is 3. The molecular weight excluding hydrogens is 326 g/mol. The van der Waals surface area contributed by atoms with Crippen molar-refractivity contribution < 1.29 is 9.47 Å². The van der Waals surface area contributed by atoms with Gasteiger partial charge in [0.15, 0.2) is 17.3 Å². The number of benzene rings is 2. The van der Waals surface area contributed by atoms with Gasteiger partial charge in [0.2, 0.25) is 0 Å². The summed E-state index contributed by atoms with van der Waals surface area (Å²) in [6, 6.07) is 11.5. The Balaban J connectivity index is 1.93. The van der Waals surface area contributed by atoms with Crippen LogP contribution < -0.4 is 9.47 Å². The van der Waals surface area contributed by atoms with Crippen LogP contribution in [0.5, 0.6) is 11.5 Å². The van der Waals surface area contributed by atoms with Crippen LogP contribution in [0.25, 0.3) is 33.2 Å². The number of ether oxygens (including phenoxy) is 2. The molecule has 24 heavy (non-hydrogen) atoms. The quantitative estimate of drug-likeness (QED) is 0.599. The molecule has 2 aromatic heterocycles. The number of hydrogen-bond donors (Lipinski definition) is 1. The number of halogens is 1. The Bertz CT molecular complexity index is 1060. The molecule has 0 fully saturated rings. The highest BCUT2D eigenvalue weighted by Gasteiger charge is 2.12. The van der Waals surface area contributed by atoms with Gasteiger partial charge in [-0.25, -0.2) is 9.97 Å². The predicted octanol–water partition coefficient (Wildman–Crippen LogP) is 4.45. The van der Waals surface area contributed by atoms with E-state index in [-0.39, 0.29) is 0 Å². The molecule has 0 amide bonds. The molecular formula is C18H14ClN3O2. The highest BCUT2D eigenvalue weighted by atomic mass is 35.5. The molecule has 0 saturated carbocycles. The second-order valence-electron chi connectivity index (χ2n) is 5.34. The van der Waals surface area contributed by atoms with Crippen LogP contribution in [0.3, 0.4) is 0 Å². The van der Waals surface area contributed by atoms with Crippen LogP contribution in [0.15, 0.2) is 42.6 Å². The van der Waals surface area contributed by atoms with Gasteiger partial charge in [0, 0.05) is 34.1 Å². The van der Waals surface area contributed by atoms with Crippen molar-refractivity contribution in [3.05, 3.63) is 47.7 Å². The summed E-state index contributed by atoms with van der Waals surface area (Å²) in [6.07, 6.45) is 1.78. The Hall–Kier alpha value is -2.79. The third-order valence-electron chi connectivity index (χ3n) is 3.96. The lowest BCUT2D eigenvalue weighted by molar-refractivity contribution is 0.356. The van der Waals surface area contributed by atoms with E-state index in [4.69, 9.17) is 21.1 Å². The lowest BCUT2D eigenvalue weighted by Crippen LogP contribution is -1.94. The van der Waals surface area contributed by atoms with Gasteiger partial charge in [0.05, 0.1) is 19.7 Å². The number of H-pyrrole nitrogens is 1. The van der Waals surface area contributed by atoms with Gasteiger partial charge >= 0.3 is 0 Å². The Morgan fingerprint density at radius 2 is 1.83 bits per heavy atom. The summed E-state index contributed by atoms with van der Waals surface area (Å²) in [4.78, 5) is 12.3. The third kappa shape index (κ3) is 2.34. The summed E-state index contributed by atoms with van der Waals surface area (Å²) in [6.45, 7) is 0. The molecule has 0 bridgehead atoms. The first kappa shape index (κ1) is 14.8. The summed E-state index contributed by atoms with van der Waals surface area (Å²) in [7, 11) is 3.21. The third-order valence-corrected chi connectivity index (χ3v) is 4.16. The van der Waals surface area contributed by atoms with E-state index in [0.717, 1.165) is 27.4 Å². The highest BCUT2D eigenvalue weighted by molar-refractivity contribution is 6.30. The Labute approximate surface area is 143 Å². The first-order valence-electron chi connectivity index (χ1n) is 7.36. The normalized spacial score (nSPS) is 11.1. The Kier molecular flexibility index (Phi) is 3.50. The molecule has 0 saturated heterocycles. The maximum atomic E-state index is 6.08. The molecule has 0 aliphatic carbocycles. The fraction of sp³-hybridized carbons (Fsp3) is 0.111. The fourth-order valence-corrected chi connectivity index (χ4v) is 3.01. The maximum Gasteiger partial charge on any atom is 0.162 e. The van der Waals surface area contributed by atoms with Crippen molar-refractivity contribution in [2.45, 2.75) is 0 Å². The number of hydrogen-bond acceptors (Lipinski definition) is 4. The number of fused-ring (bicyclic) bond motifs is 2. The van der Waals surface area contributed by atoms with Crippen LogP contribution in [0, 0.1) is 0 Å². The van der Waals surface area contributed by atoms with Gasteiger partial charge < -0.3 is 14.5 Å². The molecule has 6 heteroatoms. The standard InChI is InChI=1S/C18H14ClN3O2/c1-23-15-6-10-9-20-18(22-14(10)8-16(15)24-2)11-4-3-5-13-12(11)7-17(19)21-13/h3-9,21H,1-2H3. The average Bonchev–Trinajstić information content (AvgIpc) is 3.00. The molecule has 4 aromatic rings. The van der Waals surface area contributed by atoms with Crippen LogP contribution in [-0.2, 0) is 0 Å². The largest absolute Gasteiger partial charge is 0.493 e. The van der Waals surface area contributed by atoms with Gasteiger partial charge in [0.25, 0.3) is 0 Å². The molecule has 2 aromatic carbocycles. The zero-order valence-electron chi connectivity index (χ0n) is 13.1. The maximum absolute atomic E-state index is 6.08. The molecule has 4 rings (SSSR count). The van der Waals surface area contributed by atoms with Crippen LogP contribution in [-0.4, -0.2) is 29.2 Å². The van der Waals surface area contributed by atoms with Crippen LogP contribution in [0.1, 0.15) is 0 Å². The monoisotopic (exact) mass is 339 g/mol. The van der Waals surface area contributed by atoms with E-state index < -0.39 is 0 Å². The molecule has 0 aliphatic rings. The van der Waals surface area contributed by atoms with Gasteiger partial charge in [-0.15, -0.1) is 0 Å². The first-order valence-corrected chi connectivity index (χ1v) is 7.74. The van der Waals surface area contributed by atoms with E-state index in [2.05, 4.69) is 15.0 Å². The average molecular weight is 340 g/mol. The zero-order chi connectivity index (χ0) is 16.7. The van der Waals surface area contributed by atoms with Crippen molar-refractivity contribution in [3.63, 3.8) is 0 Å². The lowest BCUT2D eigenvalue weighted by Gasteiger charge is -2.09. The minimum atomic E-state index is 0.588. The van der Waals surface area contributed by atoms with Gasteiger partial charge in [-0.1, -0.05) is 23.7 Å². The summed E-state index contributed by atoms with van der Waals surface area (Å²) in [5.41, 5.74) is 2.66. The summed E-state index contributed by atoms with van der Waals surface area (Å²) >= 11 is 6.08. The van der Waals surface area contributed by atoms with E-state index in [0.29, 0.717) is 22.5 Å². The Morgan fingerprint density at radius 1 is 1.04 bits per heavy atom. The van der Waals surface area contributed by atoms with Gasteiger partial charge in [-0.2, -0.15) is 0 Å². The van der Waals surface area contributed by atoms with E-state index in [1.807, 2.05) is 36.4 Å². The highest BCUT2D eigenvalue weighted by Crippen LogP contribution is 2.33. The number of aromatic nitrogens is 3.